The molecule has 0 aliphatic heterocycles. The second-order valence-electron chi connectivity index (χ2n) is 3.93. The summed E-state index contributed by atoms with van der Waals surface area (Å²) in [5.74, 6) is 0. The summed E-state index contributed by atoms with van der Waals surface area (Å²) in [6.45, 7) is 3.91. The molecule has 0 aliphatic carbocycles. The summed E-state index contributed by atoms with van der Waals surface area (Å²) in [7, 11) is 0. The maximum atomic E-state index is 9.11. The molecule has 0 amide bonds. The maximum absolute atomic E-state index is 9.11. The molecular weight excluding hydrogens is 223 g/mol. The standard InChI is InChI=1S/C9H12Cl2N2O/c1-9(2,4-14)3-6-7(10)12-5-13-8(6)11/h5,14H,3-4H2,1-2H3. The summed E-state index contributed by atoms with van der Waals surface area (Å²) < 4.78 is 0. The summed E-state index contributed by atoms with van der Waals surface area (Å²) in [6, 6.07) is 0. The molecule has 0 fully saturated rings. The van der Waals surface area contributed by atoms with Crippen LogP contribution in [0, 0.1) is 5.41 Å². The number of halogens is 2. The molecule has 5 heteroatoms. The van der Waals surface area contributed by atoms with Crippen LogP contribution in [-0.2, 0) is 6.42 Å². The fraction of sp³-hybridized carbons (Fsp3) is 0.556. The Balaban J connectivity index is 2.97. The van der Waals surface area contributed by atoms with Gasteiger partial charge in [0.25, 0.3) is 0 Å². The third kappa shape index (κ3) is 2.80. The number of nitrogens with zero attached hydrogens (tertiary/aromatic N) is 2. The van der Waals surface area contributed by atoms with Gasteiger partial charge in [0.2, 0.25) is 0 Å². The van der Waals surface area contributed by atoms with Gasteiger partial charge in [0.1, 0.15) is 16.6 Å². The van der Waals surface area contributed by atoms with E-state index in [4.69, 9.17) is 28.3 Å². The number of hydrogen-bond acceptors (Lipinski definition) is 3. The lowest BCUT2D eigenvalue weighted by Gasteiger charge is -2.21. The highest BCUT2D eigenvalue weighted by atomic mass is 35.5. The Labute approximate surface area is 93.1 Å². The SMILES string of the molecule is CC(C)(CO)Cc1c(Cl)ncnc1Cl. The smallest absolute Gasteiger partial charge is 0.137 e. The average Bonchev–Trinajstić information content (AvgIpc) is 2.12. The molecule has 0 aliphatic rings. The molecule has 1 aromatic heterocycles. The molecule has 0 saturated heterocycles. The van der Waals surface area contributed by atoms with Crippen molar-refractivity contribution in [1.82, 2.24) is 9.97 Å². The zero-order valence-electron chi connectivity index (χ0n) is 8.09. The fourth-order valence-corrected chi connectivity index (χ4v) is 1.50. The van der Waals surface area contributed by atoms with Crippen molar-refractivity contribution in [2.24, 2.45) is 5.41 Å². The summed E-state index contributed by atoms with van der Waals surface area (Å²) in [5.41, 5.74) is 0.424. The van der Waals surface area contributed by atoms with E-state index in [9.17, 15) is 0 Å². The summed E-state index contributed by atoms with van der Waals surface area (Å²) >= 11 is 11.8. The van der Waals surface area contributed by atoms with Crippen LogP contribution in [0.2, 0.25) is 10.3 Å². The Hall–Kier alpha value is -0.380. The van der Waals surface area contributed by atoms with Crippen LogP contribution in [0.5, 0.6) is 0 Å². The summed E-state index contributed by atoms with van der Waals surface area (Å²) in [4.78, 5) is 7.69. The van der Waals surface area contributed by atoms with E-state index in [2.05, 4.69) is 9.97 Å². The Kier molecular flexibility index (Phi) is 3.70. The Morgan fingerprint density at radius 2 is 1.79 bits per heavy atom. The number of rotatable bonds is 3. The Morgan fingerprint density at radius 3 is 2.21 bits per heavy atom. The van der Waals surface area contributed by atoms with E-state index in [0.717, 1.165) is 0 Å². The number of aliphatic hydroxyl groups is 1. The number of aromatic nitrogens is 2. The molecule has 1 aromatic rings. The minimum absolute atomic E-state index is 0.0640. The molecule has 0 radical (unpaired) electrons. The minimum atomic E-state index is -0.266. The van der Waals surface area contributed by atoms with Crippen molar-refractivity contribution in [2.45, 2.75) is 20.3 Å². The van der Waals surface area contributed by atoms with Crippen molar-refractivity contribution in [3.63, 3.8) is 0 Å². The zero-order valence-corrected chi connectivity index (χ0v) is 9.60. The third-order valence-corrected chi connectivity index (χ3v) is 2.57. The summed E-state index contributed by atoms with van der Waals surface area (Å²) in [5, 5.41) is 9.82. The van der Waals surface area contributed by atoms with E-state index in [0.29, 0.717) is 22.3 Å². The van der Waals surface area contributed by atoms with Crippen molar-refractivity contribution in [3.05, 3.63) is 22.2 Å². The zero-order chi connectivity index (χ0) is 10.8. The van der Waals surface area contributed by atoms with E-state index in [-0.39, 0.29) is 12.0 Å². The molecule has 14 heavy (non-hydrogen) atoms. The second kappa shape index (κ2) is 4.43. The molecular formula is C9H12Cl2N2O. The van der Waals surface area contributed by atoms with Crippen LogP contribution in [0.25, 0.3) is 0 Å². The maximum Gasteiger partial charge on any atom is 0.137 e. The van der Waals surface area contributed by atoms with Crippen LogP contribution in [0.3, 0.4) is 0 Å². The van der Waals surface area contributed by atoms with Crippen molar-refractivity contribution < 1.29 is 5.11 Å². The highest BCUT2D eigenvalue weighted by Crippen LogP contribution is 2.28. The first-order chi connectivity index (χ1) is 6.46. The molecule has 1 rings (SSSR count). The first kappa shape index (κ1) is 11.7. The van der Waals surface area contributed by atoms with Gasteiger partial charge in [-0.2, -0.15) is 0 Å². The summed E-state index contributed by atoms with van der Waals surface area (Å²) in [6.07, 6.45) is 1.88. The predicted octanol–water partition coefficient (Wildman–Crippen LogP) is 2.34. The van der Waals surface area contributed by atoms with E-state index in [1.165, 1.54) is 6.33 Å². The van der Waals surface area contributed by atoms with Crippen LogP contribution in [0.15, 0.2) is 6.33 Å². The van der Waals surface area contributed by atoms with Crippen LogP contribution in [0.1, 0.15) is 19.4 Å². The number of aliphatic hydroxyl groups excluding tert-OH is 1. The lowest BCUT2D eigenvalue weighted by atomic mass is 9.88. The highest BCUT2D eigenvalue weighted by Gasteiger charge is 2.21. The van der Waals surface area contributed by atoms with Crippen molar-refractivity contribution in [2.75, 3.05) is 6.61 Å². The van der Waals surface area contributed by atoms with Gasteiger partial charge in [0.05, 0.1) is 0 Å². The minimum Gasteiger partial charge on any atom is -0.396 e. The van der Waals surface area contributed by atoms with Crippen molar-refractivity contribution in [3.8, 4) is 0 Å². The highest BCUT2D eigenvalue weighted by molar-refractivity contribution is 6.34. The molecule has 0 spiro atoms. The average molecular weight is 235 g/mol. The fourth-order valence-electron chi connectivity index (χ4n) is 1.05. The predicted molar refractivity (Wildman–Crippen MR) is 56.6 cm³/mol. The lowest BCUT2D eigenvalue weighted by molar-refractivity contribution is 0.159. The van der Waals surface area contributed by atoms with Crippen LogP contribution in [0.4, 0.5) is 0 Å². The van der Waals surface area contributed by atoms with Gasteiger partial charge < -0.3 is 5.11 Å². The van der Waals surface area contributed by atoms with E-state index in [1.807, 2.05) is 13.8 Å². The molecule has 0 aromatic carbocycles. The van der Waals surface area contributed by atoms with Crippen LogP contribution in [-0.4, -0.2) is 21.7 Å². The van der Waals surface area contributed by atoms with Gasteiger partial charge in [-0.3, -0.25) is 0 Å². The van der Waals surface area contributed by atoms with Gasteiger partial charge in [-0.1, -0.05) is 37.0 Å². The topological polar surface area (TPSA) is 46.0 Å². The third-order valence-electron chi connectivity index (χ3n) is 1.92. The molecule has 1 heterocycles. The second-order valence-corrected chi connectivity index (χ2v) is 4.65. The first-order valence-electron chi connectivity index (χ1n) is 4.22. The monoisotopic (exact) mass is 234 g/mol. The van der Waals surface area contributed by atoms with Crippen molar-refractivity contribution in [1.29, 1.82) is 0 Å². The Bertz CT molecular complexity index is 308. The lowest BCUT2D eigenvalue weighted by Crippen LogP contribution is -2.20. The van der Waals surface area contributed by atoms with E-state index < -0.39 is 0 Å². The van der Waals surface area contributed by atoms with Crippen LogP contribution >= 0.6 is 23.2 Å². The quantitative estimate of drug-likeness (QED) is 0.818. The molecule has 0 bridgehead atoms. The van der Waals surface area contributed by atoms with E-state index in [1.54, 1.807) is 0 Å². The van der Waals surface area contributed by atoms with Gasteiger partial charge in [-0.25, -0.2) is 9.97 Å². The van der Waals surface area contributed by atoms with Crippen LogP contribution < -0.4 is 0 Å². The molecule has 0 unspecified atom stereocenters. The van der Waals surface area contributed by atoms with Gasteiger partial charge in [0.15, 0.2) is 0 Å². The first-order valence-corrected chi connectivity index (χ1v) is 4.97. The van der Waals surface area contributed by atoms with Gasteiger partial charge >= 0.3 is 0 Å². The largest absolute Gasteiger partial charge is 0.396 e. The Morgan fingerprint density at radius 1 is 1.29 bits per heavy atom. The molecule has 1 N–H and O–H groups in total. The van der Waals surface area contributed by atoms with Gasteiger partial charge in [-0.05, 0) is 11.8 Å². The van der Waals surface area contributed by atoms with E-state index >= 15 is 0 Å². The van der Waals surface area contributed by atoms with Gasteiger partial charge in [0, 0.05) is 12.2 Å². The molecule has 0 saturated carbocycles. The van der Waals surface area contributed by atoms with Crippen molar-refractivity contribution >= 4 is 23.2 Å². The molecule has 0 atom stereocenters. The number of hydrogen-bond donors (Lipinski definition) is 1. The molecule has 3 nitrogen and oxygen atoms in total. The molecule has 78 valence electrons. The normalized spacial score (nSPS) is 11.8. The van der Waals surface area contributed by atoms with Gasteiger partial charge in [-0.15, -0.1) is 0 Å².